The lowest BCUT2D eigenvalue weighted by atomic mass is 10.2. The second kappa shape index (κ2) is 6.73. The van der Waals surface area contributed by atoms with Crippen molar-refractivity contribution in [3.05, 3.63) is 59.4 Å². The van der Waals surface area contributed by atoms with Gasteiger partial charge in [-0.1, -0.05) is 11.6 Å². The fraction of sp³-hybridized carbons (Fsp3) is 0.200. The van der Waals surface area contributed by atoms with E-state index in [4.69, 9.17) is 11.6 Å². The van der Waals surface area contributed by atoms with Crippen LogP contribution in [-0.2, 0) is 6.54 Å². The van der Waals surface area contributed by atoms with Crippen LogP contribution in [0.5, 0.6) is 0 Å². The minimum atomic E-state index is 0.0969. The van der Waals surface area contributed by atoms with E-state index in [-0.39, 0.29) is 5.78 Å². The number of aromatic nitrogens is 1. The molecule has 1 aromatic carbocycles. The molecule has 0 unspecified atom stereocenters. The molecule has 0 radical (unpaired) electrons. The van der Waals surface area contributed by atoms with Gasteiger partial charge in [0.15, 0.2) is 24.7 Å². The summed E-state index contributed by atoms with van der Waals surface area (Å²) in [6.07, 6.45) is 3.87. The Morgan fingerprint density at radius 2 is 2.00 bits per heavy atom. The summed E-state index contributed by atoms with van der Waals surface area (Å²) in [5, 5.41) is 0.757. The average molecular weight is 293 g/mol. The van der Waals surface area contributed by atoms with E-state index < -0.39 is 0 Å². The Morgan fingerprint density at radius 1 is 1.26 bits per heavy atom. The van der Waals surface area contributed by atoms with Crippen LogP contribution >= 0.6 is 23.4 Å². The molecular formula is C15H15ClNOS+. The molecule has 0 aliphatic carbocycles. The molecule has 0 bridgehead atoms. The maximum absolute atomic E-state index is 11.3. The van der Waals surface area contributed by atoms with Crippen LogP contribution in [0.2, 0.25) is 5.02 Å². The van der Waals surface area contributed by atoms with Crippen molar-refractivity contribution in [1.29, 1.82) is 0 Å². The third kappa shape index (κ3) is 4.37. The molecule has 0 atom stereocenters. The van der Waals surface area contributed by atoms with E-state index in [1.807, 2.05) is 53.4 Å². The number of carbonyl (C=O) groups excluding carboxylic acids is 1. The van der Waals surface area contributed by atoms with Crippen molar-refractivity contribution in [3.8, 4) is 0 Å². The minimum absolute atomic E-state index is 0.0969. The summed E-state index contributed by atoms with van der Waals surface area (Å²) >= 11 is 7.62. The van der Waals surface area contributed by atoms with E-state index in [0.29, 0.717) is 0 Å². The molecule has 0 saturated heterocycles. The molecule has 0 saturated carbocycles. The number of carbonyl (C=O) groups is 1. The monoisotopic (exact) mass is 292 g/mol. The average Bonchev–Trinajstić information content (AvgIpc) is 2.41. The van der Waals surface area contributed by atoms with Crippen molar-refractivity contribution in [1.82, 2.24) is 0 Å². The van der Waals surface area contributed by atoms with Crippen molar-refractivity contribution in [3.63, 3.8) is 0 Å². The number of rotatable bonds is 5. The summed E-state index contributed by atoms with van der Waals surface area (Å²) in [5.41, 5.74) is 0.749. The van der Waals surface area contributed by atoms with Gasteiger partial charge in [-0.05, 0) is 37.3 Å². The van der Waals surface area contributed by atoms with Gasteiger partial charge in [-0.15, -0.1) is 11.8 Å². The third-order valence-electron chi connectivity index (χ3n) is 2.70. The predicted molar refractivity (Wildman–Crippen MR) is 78.8 cm³/mol. The number of ketones is 1. The largest absolute Gasteiger partial charge is 0.294 e. The van der Waals surface area contributed by atoms with E-state index in [2.05, 4.69) is 0 Å². The standard InChI is InChI=1S/C15H15ClNOS/c1-12(18)13-3-2-8-17(11-13)9-10-19-15-6-4-14(16)5-7-15/h2-8,11H,9-10H2,1H3/q+1. The number of halogens is 1. The molecule has 2 aromatic rings. The van der Waals surface area contributed by atoms with Crippen LogP contribution in [0.15, 0.2) is 53.7 Å². The Labute approximate surface area is 122 Å². The smallest absolute Gasteiger partial charge is 0.179 e. The van der Waals surface area contributed by atoms with Crippen LogP contribution in [0, 0.1) is 0 Å². The molecule has 0 amide bonds. The van der Waals surface area contributed by atoms with Gasteiger partial charge in [0.2, 0.25) is 0 Å². The number of pyridine rings is 1. The van der Waals surface area contributed by atoms with Crippen molar-refractivity contribution in [2.75, 3.05) is 5.75 Å². The van der Waals surface area contributed by atoms with Crippen molar-refractivity contribution >= 4 is 29.1 Å². The molecule has 4 heteroatoms. The Bertz CT molecular complexity index is 569. The SMILES string of the molecule is CC(=O)c1ccc[n+](CCSc2ccc(Cl)cc2)c1. The van der Waals surface area contributed by atoms with E-state index >= 15 is 0 Å². The first-order valence-corrected chi connectivity index (χ1v) is 7.40. The lowest BCUT2D eigenvalue weighted by molar-refractivity contribution is -0.692. The van der Waals surface area contributed by atoms with Gasteiger partial charge in [-0.3, -0.25) is 4.79 Å². The summed E-state index contributed by atoms with van der Waals surface area (Å²) in [6.45, 7) is 2.45. The first-order valence-electron chi connectivity index (χ1n) is 6.03. The molecule has 0 fully saturated rings. The van der Waals surface area contributed by atoms with Gasteiger partial charge in [0.1, 0.15) is 0 Å². The minimum Gasteiger partial charge on any atom is -0.294 e. The topological polar surface area (TPSA) is 20.9 Å². The maximum Gasteiger partial charge on any atom is 0.179 e. The fourth-order valence-corrected chi connectivity index (χ4v) is 2.66. The predicted octanol–water partition coefficient (Wildman–Crippen LogP) is 3.62. The maximum atomic E-state index is 11.3. The fourth-order valence-electron chi connectivity index (χ4n) is 1.67. The highest BCUT2D eigenvalue weighted by Gasteiger charge is 2.06. The summed E-state index contributed by atoms with van der Waals surface area (Å²) in [4.78, 5) is 12.5. The van der Waals surface area contributed by atoms with Gasteiger partial charge in [-0.2, -0.15) is 0 Å². The van der Waals surface area contributed by atoms with Gasteiger partial charge in [0, 0.05) is 16.0 Å². The molecule has 0 aliphatic rings. The van der Waals surface area contributed by atoms with E-state index in [1.54, 1.807) is 18.7 Å². The molecule has 1 aromatic heterocycles. The molecule has 2 rings (SSSR count). The number of hydrogen-bond donors (Lipinski definition) is 0. The lowest BCUT2D eigenvalue weighted by Crippen LogP contribution is -2.34. The number of nitrogens with zero attached hydrogens (tertiary/aromatic N) is 1. The van der Waals surface area contributed by atoms with Crippen molar-refractivity contribution < 1.29 is 9.36 Å². The zero-order valence-corrected chi connectivity index (χ0v) is 12.2. The van der Waals surface area contributed by atoms with Crippen LogP contribution in [-0.4, -0.2) is 11.5 Å². The Balaban J connectivity index is 1.90. The molecular weight excluding hydrogens is 278 g/mol. The third-order valence-corrected chi connectivity index (χ3v) is 3.94. The van der Waals surface area contributed by atoms with Gasteiger partial charge in [0.05, 0.1) is 11.3 Å². The van der Waals surface area contributed by atoms with E-state index in [9.17, 15) is 4.79 Å². The number of Topliss-reactive ketones (excluding diaryl/α,β-unsaturated/α-hetero) is 1. The van der Waals surface area contributed by atoms with Gasteiger partial charge >= 0.3 is 0 Å². The number of aryl methyl sites for hydroxylation is 1. The Kier molecular flexibility index (Phi) is 5.00. The quantitative estimate of drug-likeness (QED) is 0.477. The Morgan fingerprint density at radius 3 is 2.68 bits per heavy atom. The second-order valence-electron chi connectivity index (χ2n) is 4.19. The van der Waals surface area contributed by atoms with Crippen molar-refractivity contribution in [2.24, 2.45) is 0 Å². The van der Waals surface area contributed by atoms with E-state index in [0.717, 1.165) is 22.9 Å². The van der Waals surface area contributed by atoms with Crippen LogP contribution in [0.4, 0.5) is 0 Å². The van der Waals surface area contributed by atoms with Gasteiger partial charge in [-0.25, -0.2) is 4.57 Å². The highest BCUT2D eigenvalue weighted by molar-refractivity contribution is 7.99. The Hall–Kier alpha value is -1.32. The second-order valence-corrected chi connectivity index (χ2v) is 5.79. The summed E-state index contributed by atoms with van der Waals surface area (Å²) in [5.74, 6) is 1.05. The molecule has 98 valence electrons. The molecule has 0 spiro atoms. The zero-order valence-electron chi connectivity index (χ0n) is 10.7. The highest BCUT2D eigenvalue weighted by atomic mass is 35.5. The molecule has 0 N–H and O–H groups in total. The van der Waals surface area contributed by atoms with Gasteiger partial charge < -0.3 is 0 Å². The van der Waals surface area contributed by atoms with E-state index in [1.165, 1.54) is 4.90 Å². The summed E-state index contributed by atoms with van der Waals surface area (Å²) in [6, 6.07) is 11.6. The first kappa shape index (κ1) is 14.1. The van der Waals surface area contributed by atoms with Crippen molar-refractivity contribution in [2.45, 2.75) is 18.4 Å². The number of hydrogen-bond acceptors (Lipinski definition) is 2. The van der Waals surface area contributed by atoms with Crippen LogP contribution in [0.3, 0.4) is 0 Å². The molecule has 2 nitrogen and oxygen atoms in total. The summed E-state index contributed by atoms with van der Waals surface area (Å²) in [7, 11) is 0. The lowest BCUT2D eigenvalue weighted by Gasteiger charge is -2.00. The first-order chi connectivity index (χ1) is 9.15. The zero-order chi connectivity index (χ0) is 13.7. The van der Waals surface area contributed by atoms with Crippen LogP contribution < -0.4 is 4.57 Å². The highest BCUT2D eigenvalue weighted by Crippen LogP contribution is 2.19. The van der Waals surface area contributed by atoms with Gasteiger partial charge in [0.25, 0.3) is 0 Å². The van der Waals surface area contributed by atoms with Crippen LogP contribution in [0.25, 0.3) is 0 Å². The number of benzene rings is 1. The summed E-state index contributed by atoms with van der Waals surface area (Å²) < 4.78 is 2.04. The molecule has 1 heterocycles. The molecule has 19 heavy (non-hydrogen) atoms. The normalized spacial score (nSPS) is 10.4. The molecule has 0 aliphatic heterocycles. The van der Waals surface area contributed by atoms with Crippen LogP contribution in [0.1, 0.15) is 17.3 Å². The number of thioether (sulfide) groups is 1.